The zero-order valence-electron chi connectivity index (χ0n) is 11.8. The Morgan fingerprint density at radius 3 is 2.00 bits per heavy atom. The van der Waals surface area contributed by atoms with Crippen LogP contribution in [0.1, 0.15) is 52.0 Å². The van der Waals surface area contributed by atoms with E-state index in [0.29, 0.717) is 12.8 Å². The lowest BCUT2D eigenvalue weighted by Gasteiger charge is -2.53. The minimum atomic E-state index is -0.882. The highest BCUT2D eigenvalue weighted by atomic mass is 16.3. The van der Waals surface area contributed by atoms with E-state index in [1.165, 1.54) is 0 Å². The van der Waals surface area contributed by atoms with Crippen molar-refractivity contribution in [1.82, 2.24) is 0 Å². The maximum atomic E-state index is 10.8. The summed E-state index contributed by atoms with van der Waals surface area (Å²) in [7, 11) is 0. The van der Waals surface area contributed by atoms with E-state index < -0.39 is 11.2 Å². The summed E-state index contributed by atoms with van der Waals surface area (Å²) in [6.07, 6.45) is 1.12. The number of hydrogen-bond donors (Lipinski definition) is 2. The molecule has 1 aliphatic rings. The summed E-state index contributed by atoms with van der Waals surface area (Å²) in [5, 5.41) is 21.1. The molecule has 18 heavy (non-hydrogen) atoms. The molecule has 1 aliphatic carbocycles. The molecule has 0 aromatic heterocycles. The van der Waals surface area contributed by atoms with Gasteiger partial charge in [0.05, 0.1) is 11.2 Å². The molecule has 0 aliphatic heterocycles. The van der Waals surface area contributed by atoms with Crippen LogP contribution in [0.2, 0.25) is 0 Å². The van der Waals surface area contributed by atoms with Gasteiger partial charge >= 0.3 is 0 Å². The van der Waals surface area contributed by atoms with Gasteiger partial charge in [0.25, 0.3) is 0 Å². The van der Waals surface area contributed by atoms with Crippen molar-refractivity contribution < 1.29 is 10.2 Å². The van der Waals surface area contributed by atoms with Crippen LogP contribution >= 0.6 is 0 Å². The van der Waals surface area contributed by atoms with Crippen molar-refractivity contribution >= 4 is 0 Å². The maximum Gasteiger partial charge on any atom is 0.0720 e. The average molecular weight is 248 g/mol. The number of rotatable bonds is 1. The SMILES string of the molecule is CC1(C)C[C@](C)(O)C[C@](C)(O)[C@@H]1c1ccccc1. The fourth-order valence-corrected chi connectivity index (χ4v) is 4.32. The molecule has 100 valence electrons. The van der Waals surface area contributed by atoms with Crippen LogP contribution in [0.4, 0.5) is 0 Å². The maximum absolute atomic E-state index is 10.8. The van der Waals surface area contributed by atoms with Crippen LogP contribution in [-0.2, 0) is 0 Å². The van der Waals surface area contributed by atoms with E-state index in [9.17, 15) is 10.2 Å². The third-order valence-corrected chi connectivity index (χ3v) is 4.11. The van der Waals surface area contributed by atoms with Crippen molar-refractivity contribution in [3.63, 3.8) is 0 Å². The van der Waals surface area contributed by atoms with Gasteiger partial charge in [0.1, 0.15) is 0 Å². The Morgan fingerprint density at radius 1 is 0.944 bits per heavy atom. The predicted octanol–water partition coefficient (Wildman–Crippen LogP) is 3.09. The van der Waals surface area contributed by atoms with Crippen LogP contribution in [0.5, 0.6) is 0 Å². The minimum Gasteiger partial charge on any atom is -0.390 e. The van der Waals surface area contributed by atoms with Gasteiger partial charge in [-0.25, -0.2) is 0 Å². The molecule has 2 rings (SSSR count). The van der Waals surface area contributed by atoms with Crippen molar-refractivity contribution in [3.8, 4) is 0 Å². The number of benzene rings is 1. The highest BCUT2D eigenvalue weighted by Crippen LogP contribution is 2.54. The summed E-state index contributed by atoms with van der Waals surface area (Å²) in [6, 6.07) is 10.1. The summed E-state index contributed by atoms with van der Waals surface area (Å²) in [6.45, 7) is 7.93. The molecule has 2 nitrogen and oxygen atoms in total. The Balaban J connectivity index is 2.45. The molecule has 1 aromatic carbocycles. The van der Waals surface area contributed by atoms with Crippen LogP contribution < -0.4 is 0 Å². The second-order valence-corrected chi connectivity index (χ2v) is 7.04. The van der Waals surface area contributed by atoms with Gasteiger partial charge in [-0.3, -0.25) is 0 Å². The highest BCUT2D eigenvalue weighted by molar-refractivity contribution is 5.27. The Labute approximate surface area is 110 Å². The highest BCUT2D eigenvalue weighted by Gasteiger charge is 2.53. The standard InChI is InChI=1S/C16H24O2/c1-14(2)10-15(3,17)11-16(4,18)13(14)12-8-6-5-7-9-12/h5-9,13,17-18H,10-11H2,1-4H3/t13-,15+,16+/m1/s1. The molecule has 0 saturated heterocycles. The van der Waals surface area contributed by atoms with Crippen molar-refractivity contribution in [2.24, 2.45) is 5.41 Å². The first kappa shape index (κ1) is 13.6. The van der Waals surface area contributed by atoms with Crippen LogP contribution in [0.25, 0.3) is 0 Å². The van der Waals surface area contributed by atoms with Crippen molar-refractivity contribution in [1.29, 1.82) is 0 Å². The smallest absolute Gasteiger partial charge is 0.0720 e. The molecule has 0 heterocycles. The molecule has 0 spiro atoms. The number of hydrogen-bond acceptors (Lipinski definition) is 2. The second-order valence-electron chi connectivity index (χ2n) is 7.04. The van der Waals surface area contributed by atoms with Crippen LogP contribution in [0.15, 0.2) is 30.3 Å². The molecule has 1 aromatic rings. The first-order valence-corrected chi connectivity index (χ1v) is 6.64. The van der Waals surface area contributed by atoms with Crippen LogP contribution in [0.3, 0.4) is 0 Å². The quantitative estimate of drug-likeness (QED) is 0.801. The monoisotopic (exact) mass is 248 g/mol. The second kappa shape index (κ2) is 4.07. The van der Waals surface area contributed by atoms with E-state index in [4.69, 9.17) is 0 Å². The Kier molecular flexibility index (Phi) is 3.07. The van der Waals surface area contributed by atoms with Gasteiger partial charge in [0.2, 0.25) is 0 Å². The lowest BCUT2D eigenvalue weighted by atomic mass is 9.55. The zero-order valence-corrected chi connectivity index (χ0v) is 11.8. The fourth-order valence-electron chi connectivity index (χ4n) is 4.32. The van der Waals surface area contributed by atoms with Gasteiger partial charge in [-0.15, -0.1) is 0 Å². The summed E-state index contributed by atoms with van der Waals surface area (Å²) >= 11 is 0. The van der Waals surface area contributed by atoms with E-state index in [-0.39, 0.29) is 11.3 Å². The molecule has 0 bridgehead atoms. The van der Waals surface area contributed by atoms with Crippen LogP contribution in [0, 0.1) is 5.41 Å². The normalized spacial score (nSPS) is 39.6. The van der Waals surface area contributed by atoms with E-state index in [2.05, 4.69) is 26.0 Å². The van der Waals surface area contributed by atoms with Crippen LogP contribution in [-0.4, -0.2) is 21.4 Å². The molecule has 0 unspecified atom stereocenters. The average Bonchev–Trinajstić information content (AvgIpc) is 2.12. The third-order valence-electron chi connectivity index (χ3n) is 4.11. The summed E-state index contributed by atoms with van der Waals surface area (Å²) in [4.78, 5) is 0. The molecule has 2 N–H and O–H groups in total. The van der Waals surface area contributed by atoms with Gasteiger partial charge in [-0.2, -0.15) is 0 Å². The van der Waals surface area contributed by atoms with E-state index in [0.717, 1.165) is 5.56 Å². The van der Waals surface area contributed by atoms with E-state index >= 15 is 0 Å². The summed E-state index contributed by atoms with van der Waals surface area (Å²) < 4.78 is 0. The molecule has 0 amide bonds. The van der Waals surface area contributed by atoms with Crippen molar-refractivity contribution in [3.05, 3.63) is 35.9 Å². The van der Waals surface area contributed by atoms with Gasteiger partial charge in [0.15, 0.2) is 0 Å². The van der Waals surface area contributed by atoms with Crippen molar-refractivity contribution in [2.75, 3.05) is 0 Å². The molecule has 3 atom stereocenters. The lowest BCUT2D eigenvalue weighted by molar-refractivity contribution is -0.139. The largest absolute Gasteiger partial charge is 0.390 e. The Bertz CT molecular complexity index is 398. The molecule has 0 radical (unpaired) electrons. The third kappa shape index (κ3) is 2.45. The van der Waals surface area contributed by atoms with E-state index in [1.54, 1.807) is 0 Å². The predicted molar refractivity (Wildman–Crippen MR) is 73.4 cm³/mol. The fraction of sp³-hybridized carbons (Fsp3) is 0.625. The van der Waals surface area contributed by atoms with Gasteiger partial charge in [-0.1, -0.05) is 44.2 Å². The molecule has 1 saturated carbocycles. The Hall–Kier alpha value is -0.860. The lowest BCUT2D eigenvalue weighted by Crippen LogP contribution is -2.54. The Morgan fingerprint density at radius 2 is 1.50 bits per heavy atom. The minimum absolute atomic E-state index is 0.0476. The molecular weight excluding hydrogens is 224 g/mol. The van der Waals surface area contributed by atoms with Gasteiger partial charge in [-0.05, 0) is 31.2 Å². The topological polar surface area (TPSA) is 40.5 Å². The first-order chi connectivity index (χ1) is 8.14. The van der Waals surface area contributed by atoms with Gasteiger partial charge in [0, 0.05) is 12.3 Å². The van der Waals surface area contributed by atoms with Crippen molar-refractivity contribution in [2.45, 2.75) is 57.7 Å². The first-order valence-electron chi connectivity index (χ1n) is 6.64. The zero-order chi connectivity index (χ0) is 13.6. The molecule has 2 heteroatoms. The van der Waals surface area contributed by atoms with E-state index in [1.807, 2.05) is 32.0 Å². The number of aliphatic hydroxyl groups is 2. The summed E-state index contributed by atoms with van der Waals surface area (Å²) in [5.41, 5.74) is -0.652. The molecular formula is C16H24O2. The van der Waals surface area contributed by atoms with Gasteiger partial charge < -0.3 is 10.2 Å². The summed E-state index contributed by atoms with van der Waals surface area (Å²) in [5.74, 6) is 0.0476. The molecule has 1 fully saturated rings.